The molecule has 0 bridgehead atoms. The summed E-state index contributed by atoms with van der Waals surface area (Å²) in [4.78, 5) is 15.7. The van der Waals surface area contributed by atoms with Crippen molar-refractivity contribution in [1.29, 1.82) is 0 Å². The highest BCUT2D eigenvalue weighted by Gasteiger charge is 2.35. The number of hydrogen-bond donors (Lipinski definition) is 0. The zero-order valence-electron chi connectivity index (χ0n) is 19.5. The van der Waals surface area contributed by atoms with Crippen molar-refractivity contribution < 1.29 is 4.79 Å². The van der Waals surface area contributed by atoms with Gasteiger partial charge in [-0.15, -0.1) is 5.92 Å². The number of halogens is 1. The monoisotopic (exact) mass is 466 g/mol. The molecule has 0 spiro atoms. The predicted molar refractivity (Wildman–Crippen MR) is 140 cm³/mol. The molecule has 3 nitrogen and oxygen atoms in total. The second-order valence-corrected chi connectivity index (χ2v) is 9.26. The molecule has 0 N–H and O–H groups in total. The number of aromatic nitrogens is 1. The van der Waals surface area contributed by atoms with Gasteiger partial charge in [0.05, 0.1) is 18.3 Å². The van der Waals surface area contributed by atoms with E-state index in [2.05, 4.69) is 46.7 Å². The minimum Gasteiger partial charge on any atom is -0.330 e. The highest BCUT2D eigenvalue weighted by Crippen LogP contribution is 2.44. The summed E-state index contributed by atoms with van der Waals surface area (Å²) in [5, 5.41) is 1.80. The van der Waals surface area contributed by atoms with Gasteiger partial charge in [-0.3, -0.25) is 4.79 Å². The number of fused-ring (bicyclic) bond motifs is 1. The molecule has 1 aliphatic heterocycles. The number of amides is 1. The summed E-state index contributed by atoms with van der Waals surface area (Å²) in [5.41, 5.74) is 6.39. The van der Waals surface area contributed by atoms with Gasteiger partial charge in [-0.25, -0.2) is 0 Å². The Morgan fingerprint density at radius 3 is 2.56 bits per heavy atom. The lowest BCUT2D eigenvalue weighted by atomic mass is 9.97. The first-order chi connectivity index (χ1) is 16.6. The van der Waals surface area contributed by atoms with E-state index in [0.717, 1.165) is 58.2 Å². The zero-order valence-corrected chi connectivity index (χ0v) is 20.3. The Morgan fingerprint density at radius 1 is 1.06 bits per heavy atom. The largest absolute Gasteiger partial charge is 0.330 e. The van der Waals surface area contributed by atoms with E-state index in [9.17, 15) is 4.79 Å². The van der Waals surface area contributed by atoms with E-state index in [4.69, 9.17) is 11.6 Å². The molecule has 1 amide bonds. The summed E-state index contributed by atoms with van der Waals surface area (Å²) in [7, 11) is 0. The van der Waals surface area contributed by atoms with Crippen LogP contribution in [0.2, 0.25) is 5.02 Å². The summed E-state index contributed by atoms with van der Waals surface area (Å²) < 4.78 is 2.29. The zero-order chi connectivity index (χ0) is 23.7. The van der Waals surface area contributed by atoms with E-state index in [0.29, 0.717) is 11.6 Å². The molecule has 4 heteroatoms. The summed E-state index contributed by atoms with van der Waals surface area (Å²) in [6.07, 6.45) is 1.89. The number of carbonyl (C=O) groups is 1. The van der Waals surface area contributed by atoms with E-state index in [1.165, 1.54) is 0 Å². The molecule has 34 heavy (non-hydrogen) atoms. The normalized spacial score (nSPS) is 15.4. The molecule has 1 saturated heterocycles. The van der Waals surface area contributed by atoms with Crippen LogP contribution in [0.5, 0.6) is 0 Å². The van der Waals surface area contributed by atoms with Crippen molar-refractivity contribution in [3.05, 3.63) is 94.6 Å². The standard InChI is InChI=1S/C30H27ClN2O/c1-3-4-18-32-26-17-16-24(31)20-25(26)28(22-9-6-5-7-10-22)29(32)27-11-8-19-33(27)30(34)23-14-12-21(2)13-15-23/h5-7,9-10,12-17,20,27H,8,11,18-19H2,1-2H3. The van der Waals surface area contributed by atoms with E-state index in [1.807, 2.05) is 61.2 Å². The molecule has 5 rings (SSSR count). The van der Waals surface area contributed by atoms with Gasteiger partial charge in [0.15, 0.2) is 0 Å². The fourth-order valence-corrected chi connectivity index (χ4v) is 5.26. The second-order valence-electron chi connectivity index (χ2n) is 8.82. The van der Waals surface area contributed by atoms with Gasteiger partial charge in [0.2, 0.25) is 0 Å². The SMILES string of the molecule is CC#CCn1c(C2CCCN2C(=O)c2ccc(C)cc2)c(-c2ccccc2)c2cc(Cl)ccc21. The molecule has 1 fully saturated rings. The molecule has 1 aromatic heterocycles. The van der Waals surface area contributed by atoms with E-state index in [-0.39, 0.29) is 11.9 Å². The number of likely N-dealkylation sites (tertiary alicyclic amines) is 1. The third kappa shape index (κ3) is 4.00. The first kappa shape index (κ1) is 22.3. The topological polar surface area (TPSA) is 25.2 Å². The van der Waals surface area contributed by atoms with Crippen molar-refractivity contribution in [3.63, 3.8) is 0 Å². The van der Waals surface area contributed by atoms with E-state index >= 15 is 0 Å². The van der Waals surface area contributed by atoms with Gasteiger partial charge < -0.3 is 9.47 Å². The number of hydrogen-bond acceptors (Lipinski definition) is 1. The number of carbonyl (C=O) groups excluding carboxylic acids is 1. The lowest BCUT2D eigenvalue weighted by Crippen LogP contribution is -2.32. The molecular weight excluding hydrogens is 440 g/mol. The maximum Gasteiger partial charge on any atom is 0.254 e. The Balaban J connectivity index is 1.73. The first-order valence-corrected chi connectivity index (χ1v) is 12.1. The number of rotatable bonds is 4. The van der Waals surface area contributed by atoms with Crippen LogP contribution in [-0.4, -0.2) is 21.9 Å². The Hall–Kier alpha value is -3.48. The lowest BCUT2D eigenvalue weighted by Gasteiger charge is -2.27. The van der Waals surface area contributed by atoms with Gasteiger partial charge in [-0.2, -0.15) is 0 Å². The minimum absolute atomic E-state index is 0.0335. The number of benzene rings is 3. The van der Waals surface area contributed by atoms with Gasteiger partial charge in [0.1, 0.15) is 0 Å². The second kappa shape index (κ2) is 9.41. The molecule has 1 aliphatic rings. The van der Waals surface area contributed by atoms with Gasteiger partial charge >= 0.3 is 0 Å². The van der Waals surface area contributed by atoms with Gasteiger partial charge in [-0.05, 0) is 62.6 Å². The molecule has 1 unspecified atom stereocenters. The van der Waals surface area contributed by atoms with Gasteiger partial charge in [-0.1, -0.05) is 65.5 Å². The van der Waals surface area contributed by atoms with Crippen LogP contribution in [0.25, 0.3) is 22.0 Å². The molecule has 1 atom stereocenters. The van der Waals surface area contributed by atoms with Crippen molar-refractivity contribution >= 4 is 28.4 Å². The highest BCUT2D eigenvalue weighted by atomic mass is 35.5. The fourth-order valence-electron chi connectivity index (χ4n) is 5.09. The first-order valence-electron chi connectivity index (χ1n) is 11.7. The van der Waals surface area contributed by atoms with Crippen LogP contribution in [0.1, 0.15) is 47.4 Å². The van der Waals surface area contributed by atoms with Crippen molar-refractivity contribution in [2.45, 2.75) is 39.3 Å². The molecule has 0 saturated carbocycles. The molecule has 170 valence electrons. The molecule has 0 aliphatic carbocycles. The Kier molecular flexibility index (Phi) is 6.18. The van der Waals surface area contributed by atoms with E-state index in [1.54, 1.807) is 0 Å². The van der Waals surface area contributed by atoms with Crippen LogP contribution in [0.4, 0.5) is 0 Å². The van der Waals surface area contributed by atoms with Crippen LogP contribution >= 0.6 is 11.6 Å². The molecule has 4 aromatic rings. The Bertz CT molecular complexity index is 1410. The van der Waals surface area contributed by atoms with Crippen LogP contribution < -0.4 is 0 Å². The highest BCUT2D eigenvalue weighted by molar-refractivity contribution is 6.31. The third-order valence-corrected chi connectivity index (χ3v) is 6.90. The maximum atomic E-state index is 13.7. The van der Waals surface area contributed by atoms with Gasteiger partial charge in [0, 0.05) is 33.6 Å². The number of aryl methyl sites for hydroxylation is 1. The van der Waals surface area contributed by atoms with Crippen LogP contribution in [-0.2, 0) is 6.54 Å². The van der Waals surface area contributed by atoms with Gasteiger partial charge in [0.25, 0.3) is 5.91 Å². The minimum atomic E-state index is -0.0335. The van der Waals surface area contributed by atoms with Crippen LogP contribution in [0.15, 0.2) is 72.8 Å². The smallest absolute Gasteiger partial charge is 0.254 e. The van der Waals surface area contributed by atoms with Crippen molar-refractivity contribution in [2.24, 2.45) is 0 Å². The summed E-state index contributed by atoms with van der Waals surface area (Å²) in [6, 6.07) is 24.3. The molecule has 0 radical (unpaired) electrons. The summed E-state index contributed by atoms with van der Waals surface area (Å²) in [5.74, 6) is 6.39. The molecule has 3 aromatic carbocycles. The summed E-state index contributed by atoms with van der Waals surface area (Å²) >= 11 is 6.47. The van der Waals surface area contributed by atoms with Crippen molar-refractivity contribution in [1.82, 2.24) is 9.47 Å². The Morgan fingerprint density at radius 2 is 1.82 bits per heavy atom. The average Bonchev–Trinajstić information content (AvgIpc) is 3.45. The third-order valence-electron chi connectivity index (χ3n) is 6.67. The van der Waals surface area contributed by atoms with Crippen LogP contribution in [0, 0.1) is 18.8 Å². The summed E-state index contributed by atoms with van der Waals surface area (Å²) in [6.45, 7) is 5.22. The molecular formula is C30H27ClN2O. The predicted octanol–water partition coefficient (Wildman–Crippen LogP) is 7.27. The lowest BCUT2D eigenvalue weighted by molar-refractivity contribution is 0.0731. The van der Waals surface area contributed by atoms with Crippen LogP contribution in [0.3, 0.4) is 0 Å². The average molecular weight is 467 g/mol. The molecule has 2 heterocycles. The Labute approximate surface area is 206 Å². The number of nitrogens with zero attached hydrogens (tertiary/aromatic N) is 2. The fraction of sp³-hybridized carbons (Fsp3) is 0.233. The quantitative estimate of drug-likeness (QED) is 0.290. The van der Waals surface area contributed by atoms with Crippen molar-refractivity contribution in [2.75, 3.05) is 6.54 Å². The van der Waals surface area contributed by atoms with Crippen molar-refractivity contribution in [3.8, 4) is 23.0 Å². The maximum absolute atomic E-state index is 13.7. The van der Waals surface area contributed by atoms with E-state index < -0.39 is 0 Å².